The molecule has 4 heteroatoms. The summed E-state index contributed by atoms with van der Waals surface area (Å²) >= 11 is 0. The molecular formula is C26H22N4. The van der Waals surface area contributed by atoms with Gasteiger partial charge in [-0.1, -0.05) is 54.6 Å². The Morgan fingerprint density at radius 3 is 2.70 bits per heavy atom. The monoisotopic (exact) mass is 390 g/mol. The van der Waals surface area contributed by atoms with Crippen molar-refractivity contribution < 1.29 is 0 Å². The van der Waals surface area contributed by atoms with Gasteiger partial charge < -0.3 is 10.3 Å². The van der Waals surface area contributed by atoms with Crippen LogP contribution in [0.2, 0.25) is 0 Å². The summed E-state index contributed by atoms with van der Waals surface area (Å²) < 4.78 is 0. The molecule has 2 unspecified atom stereocenters. The molecule has 0 amide bonds. The van der Waals surface area contributed by atoms with Gasteiger partial charge in [-0.15, -0.1) is 0 Å². The number of H-pyrrole nitrogens is 1. The van der Waals surface area contributed by atoms with Gasteiger partial charge in [0.1, 0.15) is 0 Å². The van der Waals surface area contributed by atoms with E-state index in [4.69, 9.17) is 9.98 Å². The molecular weight excluding hydrogens is 368 g/mol. The highest BCUT2D eigenvalue weighted by atomic mass is 15.1. The maximum Gasteiger partial charge on any atom is 0.222 e. The molecule has 4 nitrogen and oxygen atoms in total. The number of hydrogen-bond acceptors (Lipinski definition) is 3. The first-order valence-electron chi connectivity index (χ1n) is 10.5. The van der Waals surface area contributed by atoms with Crippen molar-refractivity contribution in [2.24, 2.45) is 15.9 Å². The van der Waals surface area contributed by atoms with Crippen LogP contribution in [0.25, 0.3) is 10.9 Å². The van der Waals surface area contributed by atoms with E-state index in [-0.39, 0.29) is 0 Å². The molecule has 2 heterocycles. The zero-order valence-corrected chi connectivity index (χ0v) is 16.5. The third-order valence-electron chi connectivity index (χ3n) is 6.22. The van der Waals surface area contributed by atoms with Gasteiger partial charge in [0.15, 0.2) is 0 Å². The second kappa shape index (κ2) is 6.99. The highest BCUT2D eigenvalue weighted by Gasteiger charge is 2.34. The number of aliphatic imine (C=N–C) groups is 2. The molecule has 1 aliphatic heterocycles. The summed E-state index contributed by atoms with van der Waals surface area (Å²) in [4.78, 5) is 13.0. The average molecular weight is 390 g/mol. The predicted octanol–water partition coefficient (Wildman–Crippen LogP) is 5.59. The van der Waals surface area contributed by atoms with Crippen LogP contribution in [0, 0.1) is 5.92 Å². The van der Waals surface area contributed by atoms with Gasteiger partial charge in [0, 0.05) is 40.2 Å². The number of nitrogens with one attached hydrogen (secondary N) is 2. The highest BCUT2D eigenvalue weighted by Crippen LogP contribution is 2.40. The van der Waals surface area contributed by atoms with E-state index < -0.39 is 0 Å². The molecule has 2 aliphatic rings. The van der Waals surface area contributed by atoms with E-state index in [2.05, 4.69) is 89.2 Å². The fourth-order valence-electron chi connectivity index (χ4n) is 4.76. The second-order valence-electron chi connectivity index (χ2n) is 8.05. The smallest absolute Gasteiger partial charge is 0.222 e. The summed E-state index contributed by atoms with van der Waals surface area (Å²) in [6.45, 7) is 0.769. The van der Waals surface area contributed by atoms with Gasteiger partial charge in [-0.05, 0) is 41.8 Å². The first-order valence-corrected chi connectivity index (χ1v) is 10.5. The minimum atomic E-state index is 0.350. The van der Waals surface area contributed by atoms with Gasteiger partial charge in [0.2, 0.25) is 5.96 Å². The summed E-state index contributed by atoms with van der Waals surface area (Å²) in [5.74, 6) is 1.44. The van der Waals surface area contributed by atoms with Crippen molar-refractivity contribution in [2.75, 3.05) is 11.9 Å². The summed E-state index contributed by atoms with van der Waals surface area (Å²) in [5.41, 5.74) is 7.31. The number of rotatable bonds is 2. The third-order valence-corrected chi connectivity index (χ3v) is 6.22. The maximum absolute atomic E-state index is 4.98. The van der Waals surface area contributed by atoms with E-state index in [0.717, 1.165) is 29.9 Å². The zero-order chi connectivity index (χ0) is 19.9. The second-order valence-corrected chi connectivity index (χ2v) is 8.05. The fourth-order valence-corrected chi connectivity index (χ4v) is 4.76. The third kappa shape index (κ3) is 2.92. The maximum atomic E-state index is 4.98. The van der Waals surface area contributed by atoms with E-state index in [1.807, 2.05) is 6.20 Å². The standard InChI is InChI=1S/C26H22N4/c1-2-6-17(7-3-1)23-15-19-16-28-26(30-25(19)22-9-5-4-8-21(22)23)29-20-10-11-24-18(14-20)12-13-27-24/h1-14,19,23,27H,15-16H2,(H,28,29). The lowest BCUT2D eigenvalue weighted by Crippen LogP contribution is -2.33. The summed E-state index contributed by atoms with van der Waals surface area (Å²) in [5, 5.41) is 4.59. The molecule has 0 saturated heterocycles. The van der Waals surface area contributed by atoms with Crippen molar-refractivity contribution in [1.29, 1.82) is 0 Å². The van der Waals surface area contributed by atoms with Gasteiger partial charge in [-0.3, -0.25) is 4.99 Å². The van der Waals surface area contributed by atoms with Crippen LogP contribution >= 0.6 is 0 Å². The Kier molecular flexibility index (Phi) is 4.01. The first-order chi connectivity index (χ1) is 14.8. The molecule has 0 radical (unpaired) electrons. The molecule has 2 N–H and O–H groups in total. The van der Waals surface area contributed by atoms with Crippen molar-refractivity contribution >= 4 is 28.3 Å². The lowest BCUT2D eigenvalue weighted by atomic mass is 9.72. The summed E-state index contributed by atoms with van der Waals surface area (Å²) in [6, 6.07) is 27.9. The van der Waals surface area contributed by atoms with Crippen molar-refractivity contribution in [3.8, 4) is 0 Å². The molecule has 6 rings (SSSR count). The molecule has 0 saturated carbocycles. The van der Waals surface area contributed by atoms with Crippen LogP contribution in [-0.2, 0) is 0 Å². The SMILES string of the molecule is c1ccc(C2CC3CN=C(Nc4ccc5[nH]ccc5c4)N=C3c3ccccc32)cc1. The Labute approximate surface area is 175 Å². The number of fused-ring (bicyclic) bond motifs is 4. The number of guanidine groups is 1. The van der Waals surface area contributed by atoms with Crippen LogP contribution in [0.15, 0.2) is 95.0 Å². The molecule has 1 aliphatic carbocycles. The Morgan fingerprint density at radius 1 is 0.900 bits per heavy atom. The Morgan fingerprint density at radius 2 is 1.77 bits per heavy atom. The average Bonchev–Trinajstić information content (AvgIpc) is 3.27. The Bertz CT molecular complexity index is 1280. The summed E-state index contributed by atoms with van der Waals surface area (Å²) in [6.07, 6.45) is 3.01. The van der Waals surface area contributed by atoms with E-state index >= 15 is 0 Å². The Hall–Kier alpha value is -3.66. The zero-order valence-electron chi connectivity index (χ0n) is 16.5. The van der Waals surface area contributed by atoms with E-state index in [0.29, 0.717) is 17.8 Å². The minimum Gasteiger partial charge on any atom is -0.361 e. The van der Waals surface area contributed by atoms with Crippen LogP contribution in [-0.4, -0.2) is 23.2 Å². The van der Waals surface area contributed by atoms with E-state index in [1.165, 1.54) is 22.1 Å². The van der Waals surface area contributed by atoms with E-state index in [9.17, 15) is 0 Å². The van der Waals surface area contributed by atoms with Crippen LogP contribution in [0.3, 0.4) is 0 Å². The minimum absolute atomic E-state index is 0.350. The molecule has 2 atom stereocenters. The molecule has 0 bridgehead atoms. The Balaban J connectivity index is 1.35. The normalized spacial score (nSPS) is 20.1. The van der Waals surface area contributed by atoms with Crippen molar-refractivity contribution in [3.63, 3.8) is 0 Å². The molecule has 0 fully saturated rings. The molecule has 3 aromatic carbocycles. The van der Waals surface area contributed by atoms with Gasteiger partial charge in [0.25, 0.3) is 0 Å². The lowest BCUT2D eigenvalue weighted by Gasteiger charge is -2.34. The van der Waals surface area contributed by atoms with Gasteiger partial charge in [0.05, 0.1) is 12.3 Å². The predicted molar refractivity (Wildman–Crippen MR) is 124 cm³/mol. The van der Waals surface area contributed by atoms with Crippen molar-refractivity contribution in [3.05, 3.63) is 102 Å². The largest absolute Gasteiger partial charge is 0.361 e. The number of aromatic nitrogens is 1. The molecule has 0 spiro atoms. The summed E-state index contributed by atoms with van der Waals surface area (Å²) in [7, 11) is 0. The van der Waals surface area contributed by atoms with Gasteiger partial charge >= 0.3 is 0 Å². The van der Waals surface area contributed by atoms with Crippen LogP contribution in [0.4, 0.5) is 5.69 Å². The van der Waals surface area contributed by atoms with Crippen LogP contribution < -0.4 is 5.32 Å². The van der Waals surface area contributed by atoms with E-state index in [1.54, 1.807) is 0 Å². The molecule has 1 aromatic heterocycles. The lowest BCUT2D eigenvalue weighted by molar-refractivity contribution is 0.564. The number of aromatic amines is 1. The molecule has 146 valence electrons. The van der Waals surface area contributed by atoms with Crippen molar-refractivity contribution in [2.45, 2.75) is 12.3 Å². The number of hydrogen-bond donors (Lipinski definition) is 2. The van der Waals surface area contributed by atoms with Crippen molar-refractivity contribution in [1.82, 2.24) is 4.98 Å². The van der Waals surface area contributed by atoms with Gasteiger partial charge in [-0.25, -0.2) is 4.99 Å². The van der Waals surface area contributed by atoms with Crippen LogP contribution in [0.1, 0.15) is 29.0 Å². The first kappa shape index (κ1) is 17.2. The van der Waals surface area contributed by atoms with Gasteiger partial charge in [-0.2, -0.15) is 0 Å². The number of benzene rings is 3. The highest BCUT2D eigenvalue weighted by molar-refractivity contribution is 6.14. The quantitative estimate of drug-likeness (QED) is 0.460. The number of nitrogens with zero attached hydrogens (tertiary/aromatic N) is 2. The number of anilines is 1. The topological polar surface area (TPSA) is 52.5 Å². The fraction of sp³-hybridized carbons (Fsp3) is 0.154. The van der Waals surface area contributed by atoms with Crippen LogP contribution in [0.5, 0.6) is 0 Å². The molecule has 30 heavy (non-hydrogen) atoms. The molecule has 4 aromatic rings.